The van der Waals surface area contributed by atoms with Crippen LogP contribution in [0.4, 0.5) is 0 Å². The first-order valence-corrected chi connectivity index (χ1v) is 8.74. The Bertz CT molecular complexity index is 995. The molecule has 1 amide bonds. The molecular formula is C22H19NO3. The molecule has 4 heteroatoms. The fourth-order valence-electron chi connectivity index (χ4n) is 3.83. The summed E-state index contributed by atoms with van der Waals surface area (Å²) in [4.78, 5) is 24.6. The van der Waals surface area contributed by atoms with Crippen molar-refractivity contribution in [1.82, 2.24) is 5.32 Å². The number of carbonyl (C=O) groups excluding carboxylic acids is 1. The Kier molecular flexibility index (Phi) is 4.17. The molecule has 2 unspecified atom stereocenters. The molecule has 0 aromatic heterocycles. The number of hydrogen-bond donors (Lipinski definition) is 2. The number of aryl methyl sites for hydroxylation is 1. The summed E-state index contributed by atoms with van der Waals surface area (Å²) in [7, 11) is 0. The quantitative estimate of drug-likeness (QED) is 0.757. The van der Waals surface area contributed by atoms with E-state index in [2.05, 4.69) is 5.32 Å². The fraction of sp³-hybridized carbons (Fsp3) is 0.182. The monoisotopic (exact) mass is 345 g/mol. The van der Waals surface area contributed by atoms with Gasteiger partial charge in [0.25, 0.3) is 5.91 Å². The van der Waals surface area contributed by atoms with Crippen molar-refractivity contribution < 1.29 is 14.7 Å². The molecule has 0 aliphatic heterocycles. The number of nitrogens with one attached hydrogen (secondary N) is 1. The maximum atomic E-state index is 12.7. The second kappa shape index (κ2) is 6.64. The summed E-state index contributed by atoms with van der Waals surface area (Å²) in [5.74, 6) is -1.55. The minimum Gasteiger partial charge on any atom is -0.480 e. The smallest absolute Gasteiger partial charge is 0.326 e. The second-order valence-corrected chi connectivity index (χ2v) is 6.70. The zero-order chi connectivity index (χ0) is 18.1. The van der Waals surface area contributed by atoms with Crippen LogP contribution >= 0.6 is 0 Å². The van der Waals surface area contributed by atoms with Crippen molar-refractivity contribution in [2.75, 3.05) is 0 Å². The SMILES string of the molecule is O=C(NC(C(=O)O)C1CCc2ccccc21)c1ccc2ccccc2c1. The molecule has 26 heavy (non-hydrogen) atoms. The van der Waals surface area contributed by atoms with Gasteiger partial charge in [0.05, 0.1) is 0 Å². The van der Waals surface area contributed by atoms with E-state index in [1.165, 1.54) is 5.56 Å². The van der Waals surface area contributed by atoms with Crippen molar-refractivity contribution in [1.29, 1.82) is 0 Å². The second-order valence-electron chi connectivity index (χ2n) is 6.70. The Labute approximate surface area is 151 Å². The molecule has 0 heterocycles. The number of hydrogen-bond acceptors (Lipinski definition) is 2. The number of aliphatic carboxylic acids is 1. The number of carboxylic acid groups (broad SMARTS) is 1. The van der Waals surface area contributed by atoms with Crippen LogP contribution in [0.3, 0.4) is 0 Å². The van der Waals surface area contributed by atoms with Crippen LogP contribution < -0.4 is 5.32 Å². The molecule has 4 nitrogen and oxygen atoms in total. The molecule has 1 aliphatic rings. The molecule has 2 N–H and O–H groups in total. The van der Waals surface area contributed by atoms with E-state index in [1.54, 1.807) is 12.1 Å². The van der Waals surface area contributed by atoms with Crippen molar-refractivity contribution >= 4 is 22.6 Å². The normalized spacial score (nSPS) is 16.8. The highest BCUT2D eigenvalue weighted by Gasteiger charge is 2.35. The number of carboxylic acids is 1. The summed E-state index contributed by atoms with van der Waals surface area (Å²) in [6.07, 6.45) is 1.57. The van der Waals surface area contributed by atoms with E-state index in [0.29, 0.717) is 5.56 Å². The van der Waals surface area contributed by atoms with Gasteiger partial charge in [-0.2, -0.15) is 0 Å². The molecular weight excluding hydrogens is 326 g/mol. The van der Waals surface area contributed by atoms with Gasteiger partial charge in [0.2, 0.25) is 0 Å². The maximum absolute atomic E-state index is 12.7. The molecule has 1 aliphatic carbocycles. The van der Waals surface area contributed by atoms with Gasteiger partial charge < -0.3 is 10.4 Å². The Morgan fingerprint density at radius 2 is 1.69 bits per heavy atom. The van der Waals surface area contributed by atoms with Crippen molar-refractivity contribution in [2.45, 2.75) is 24.8 Å². The lowest BCUT2D eigenvalue weighted by Crippen LogP contribution is -2.44. The van der Waals surface area contributed by atoms with Gasteiger partial charge in [-0.05, 0) is 46.9 Å². The van der Waals surface area contributed by atoms with Crippen LogP contribution in [-0.4, -0.2) is 23.0 Å². The highest BCUT2D eigenvalue weighted by atomic mass is 16.4. The van der Waals surface area contributed by atoms with Crippen LogP contribution in [-0.2, 0) is 11.2 Å². The highest BCUT2D eigenvalue weighted by Crippen LogP contribution is 2.35. The average Bonchev–Trinajstić information content (AvgIpc) is 3.09. The first kappa shape index (κ1) is 16.3. The largest absolute Gasteiger partial charge is 0.480 e. The Morgan fingerprint density at radius 3 is 2.50 bits per heavy atom. The number of benzene rings is 3. The zero-order valence-electron chi connectivity index (χ0n) is 14.2. The molecule has 0 radical (unpaired) electrons. The molecule has 0 saturated carbocycles. The van der Waals surface area contributed by atoms with Crippen molar-refractivity contribution in [3.63, 3.8) is 0 Å². The molecule has 4 rings (SSSR count). The van der Waals surface area contributed by atoms with Crippen molar-refractivity contribution in [3.05, 3.63) is 83.4 Å². The van der Waals surface area contributed by atoms with Gasteiger partial charge in [0.1, 0.15) is 6.04 Å². The molecule has 130 valence electrons. The minimum atomic E-state index is -0.999. The Balaban J connectivity index is 1.60. The van der Waals surface area contributed by atoms with Gasteiger partial charge in [-0.25, -0.2) is 4.79 Å². The topological polar surface area (TPSA) is 66.4 Å². The van der Waals surface area contributed by atoms with E-state index in [9.17, 15) is 14.7 Å². The van der Waals surface area contributed by atoms with E-state index >= 15 is 0 Å². The van der Waals surface area contributed by atoms with E-state index < -0.39 is 12.0 Å². The first-order chi connectivity index (χ1) is 12.6. The van der Waals surface area contributed by atoms with E-state index in [0.717, 1.165) is 29.2 Å². The van der Waals surface area contributed by atoms with Crippen LogP contribution in [0.25, 0.3) is 10.8 Å². The third-order valence-corrected chi connectivity index (χ3v) is 5.15. The van der Waals surface area contributed by atoms with Gasteiger partial charge in [0, 0.05) is 11.5 Å². The van der Waals surface area contributed by atoms with Gasteiger partial charge >= 0.3 is 5.97 Å². The standard InChI is InChI=1S/C22H19NO3/c24-21(17-10-9-14-5-1-2-7-16(14)13-17)23-20(22(25)26)19-12-11-15-6-3-4-8-18(15)19/h1-10,13,19-20H,11-12H2,(H,23,24)(H,25,26). The van der Waals surface area contributed by atoms with E-state index in [4.69, 9.17) is 0 Å². The van der Waals surface area contributed by atoms with Crippen molar-refractivity contribution in [2.24, 2.45) is 0 Å². The molecule has 0 saturated heterocycles. The van der Waals surface area contributed by atoms with Gasteiger partial charge in [0.15, 0.2) is 0 Å². The minimum absolute atomic E-state index is 0.201. The average molecular weight is 345 g/mol. The lowest BCUT2D eigenvalue weighted by atomic mass is 9.92. The molecule has 0 fully saturated rings. The fourth-order valence-corrected chi connectivity index (χ4v) is 3.83. The van der Waals surface area contributed by atoms with Crippen LogP contribution in [0, 0.1) is 0 Å². The molecule has 3 aromatic rings. The van der Waals surface area contributed by atoms with Crippen molar-refractivity contribution in [3.8, 4) is 0 Å². The van der Waals surface area contributed by atoms with E-state index in [1.807, 2.05) is 54.6 Å². The van der Waals surface area contributed by atoms with Gasteiger partial charge in [-0.15, -0.1) is 0 Å². The van der Waals surface area contributed by atoms with Crippen LogP contribution in [0.15, 0.2) is 66.7 Å². The predicted octanol–water partition coefficient (Wildman–Crippen LogP) is 3.75. The summed E-state index contributed by atoms with van der Waals surface area (Å²) in [6, 6.07) is 20.1. The first-order valence-electron chi connectivity index (χ1n) is 8.74. The summed E-state index contributed by atoms with van der Waals surface area (Å²) < 4.78 is 0. The lowest BCUT2D eigenvalue weighted by Gasteiger charge is -2.22. The predicted molar refractivity (Wildman–Crippen MR) is 100 cm³/mol. The van der Waals surface area contributed by atoms with Crippen LogP contribution in [0.1, 0.15) is 33.8 Å². The lowest BCUT2D eigenvalue weighted by molar-refractivity contribution is -0.139. The third-order valence-electron chi connectivity index (χ3n) is 5.15. The van der Waals surface area contributed by atoms with Crippen LogP contribution in [0.2, 0.25) is 0 Å². The number of amides is 1. The highest BCUT2D eigenvalue weighted by molar-refractivity contribution is 6.00. The maximum Gasteiger partial charge on any atom is 0.326 e. The number of rotatable bonds is 4. The molecule has 0 spiro atoms. The van der Waals surface area contributed by atoms with E-state index in [-0.39, 0.29) is 11.8 Å². The Morgan fingerprint density at radius 1 is 0.962 bits per heavy atom. The molecule has 0 bridgehead atoms. The zero-order valence-corrected chi connectivity index (χ0v) is 14.2. The molecule has 2 atom stereocenters. The summed E-state index contributed by atoms with van der Waals surface area (Å²) in [6.45, 7) is 0. The summed E-state index contributed by atoms with van der Waals surface area (Å²) in [5.41, 5.74) is 2.67. The summed E-state index contributed by atoms with van der Waals surface area (Å²) >= 11 is 0. The van der Waals surface area contributed by atoms with Crippen LogP contribution in [0.5, 0.6) is 0 Å². The summed E-state index contributed by atoms with van der Waals surface area (Å²) in [5, 5.41) is 14.5. The molecule has 3 aromatic carbocycles. The van der Waals surface area contributed by atoms with Gasteiger partial charge in [-0.3, -0.25) is 4.79 Å². The third kappa shape index (κ3) is 2.94. The van der Waals surface area contributed by atoms with Gasteiger partial charge in [-0.1, -0.05) is 54.6 Å². The number of fused-ring (bicyclic) bond motifs is 2. The number of carbonyl (C=O) groups is 2. The Hall–Kier alpha value is -3.14.